The van der Waals surface area contributed by atoms with Crippen molar-refractivity contribution in [2.75, 3.05) is 6.61 Å². The number of nitriles is 1. The minimum absolute atomic E-state index is 0.323. The molecule has 152 valence electrons. The van der Waals surface area contributed by atoms with Gasteiger partial charge in [-0.2, -0.15) is 5.26 Å². The molecule has 1 aromatic heterocycles. The zero-order chi connectivity index (χ0) is 21.4. The van der Waals surface area contributed by atoms with Crippen LogP contribution >= 0.6 is 0 Å². The molecule has 0 radical (unpaired) electrons. The lowest BCUT2D eigenvalue weighted by molar-refractivity contribution is 0.0298. The molecule has 0 saturated heterocycles. The normalized spacial score (nSPS) is 20.2. The molecule has 30 heavy (non-hydrogen) atoms. The lowest BCUT2D eigenvalue weighted by Crippen LogP contribution is -2.46. The number of aromatic nitrogens is 1. The number of halogens is 1. The average molecular weight is 403 g/mol. The summed E-state index contributed by atoms with van der Waals surface area (Å²) in [6.07, 6.45) is 2.25. The molecule has 5 nitrogen and oxygen atoms in total. The van der Waals surface area contributed by atoms with Crippen molar-refractivity contribution < 1.29 is 13.9 Å². The zero-order valence-corrected chi connectivity index (χ0v) is 17.1. The predicted octanol–water partition coefficient (Wildman–Crippen LogP) is 5.03. The first-order chi connectivity index (χ1) is 14.3. The number of pyridine rings is 1. The molecule has 0 amide bonds. The van der Waals surface area contributed by atoms with E-state index in [9.17, 15) is 4.39 Å². The second kappa shape index (κ2) is 7.42. The molecule has 0 spiro atoms. The third-order valence-electron chi connectivity index (χ3n) is 4.99. The minimum Gasteiger partial charge on any atom is -0.491 e. The van der Waals surface area contributed by atoms with Gasteiger partial charge in [0.1, 0.15) is 29.3 Å². The van der Waals surface area contributed by atoms with Crippen molar-refractivity contribution in [2.24, 2.45) is 4.99 Å². The Labute approximate surface area is 174 Å². The van der Waals surface area contributed by atoms with Gasteiger partial charge in [-0.05, 0) is 57.2 Å². The number of rotatable bonds is 4. The molecule has 1 aliphatic rings. The Hall–Kier alpha value is -3.46. The van der Waals surface area contributed by atoms with Crippen molar-refractivity contribution in [3.63, 3.8) is 0 Å². The van der Waals surface area contributed by atoms with Gasteiger partial charge in [-0.15, -0.1) is 0 Å². The summed E-state index contributed by atoms with van der Waals surface area (Å²) in [5.74, 6) is 0.793. The third-order valence-corrected chi connectivity index (χ3v) is 4.99. The fraction of sp³-hybridized carbons (Fsp3) is 0.292. The molecule has 2 aromatic carbocycles. The maximum Gasteiger partial charge on any atom is 0.218 e. The first-order valence-electron chi connectivity index (χ1n) is 9.73. The predicted molar refractivity (Wildman–Crippen MR) is 113 cm³/mol. The number of benzene rings is 2. The van der Waals surface area contributed by atoms with E-state index in [1.807, 2.05) is 32.9 Å². The largest absolute Gasteiger partial charge is 0.491 e. The van der Waals surface area contributed by atoms with Crippen molar-refractivity contribution in [1.82, 2.24) is 4.98 Å². The number of fused-ring (bicyclic) bond motifs is 1. The van der Waals surface area contributed by atoms with Crippen molar-refractivity contribution in [1.29, 1.82) is 5.26 Å². The van der Waals surface area contributed by atoms with Crippen LogP contribution in [0.25, 0.3) is 10.9 Å². The maximum absolute atomic E-state index is 14.0. The summed E-state index contributed by atoms with van der Waals surface area (Å²) in [6.45, 7) is 6.39. The van der Waals surface area contributed by atoms with E-state index in [1.54, 1.807) is 36.5 Å². The number of hydrogen-bond donors (Lipinski definition) is 0. The van der Waals surface area contributed by atoms with Crippen LogP contribution in [0.3, 0.4) is 0 Å². The summed E-state index contributed by atoms with van der Waals surface area (Å²) >= 11 is 0. The van der Waals surface area contributed by atoms with Gasteiger partial charge >= 0.3 is 0 Å². The number of para-hydroxylation sites is 1. The van der Waals surface area contributed by atoms with E-state index >= 15 is 0 Å². The lowest BCUT2D eigenvalue weighted by atomic mass is 9.87. The summed E-state index contributed by atoms with van der Waals surface area (Å²) in [5.41, 5.74) is 0.620. The summed E-state index contributed by atoms with van der Waals surface area (Å²) in [5, 5.41) is 9.62. The molecule has 1 unspecified atom stereocenters. The number of nitrogens with zero attached hydrogens (tertiary/aromatic N) is 3. The molecule has 1 aliphatic heterocycles. The topological polar surface area (TPSA) is 67.5 Å². The highest BCUT2D eigenvalue weighted by Crippen LogP contribution is 2.34. The molecule has 4 rings (SSSR count). The van der Waals surface area contributed by atoms with Crippen LogP contribution < -0.4 is 4.74 Å². The Kier molecular flexibility index (Phi) is 4.90. The van der Waals surface area contributed by atoms with E-state index in [4.69, 9.17) is 19.7 Å². The van der Waals surface area contributed by atoms with Gasteiger partial charge in [0.15, 0.2) is 0 Å². The second-order valence-corrected chi connectivity index (χ2v) is 8.41. The summed E-state index contributed by atoms with van der Waals surface area (Å²) in [6, 6.07) is 15.8. The fourth-order valence-electron chi connectivity index (χ4n) is 3.83. The molecule has 0 aliphatic carbocycles. The Morgan fingerprint density at radius 1 is 1.17 bits per heavy atom. The van der Waals surface area contributed by atoms with E-state index in [0.717, 1.165) is 0 Å². The van der Waals surface area contributed by atoms with Gasteiger partial charge in [-0.1, -0.05) is 12.1 Å². The van der Waals surface area contributed by atoms with Crippen LogP contribution in [-0.2, 0) is 4.74 Å². The minimum atomic E-state index is -0.526. The third kappa shape index (κ3) is 4.11. The van der Waals surface area contributed by atoms with E-state index in [0.29, 0.717) is 46.7 Å². The van der Waals surface area contributed by atoms with E-state index in [1.165, 1.54) is 6.07 Å². The van der Waals surface area contributed by atoms with E-state index in [2.05, 4.69) is 11.1 Å². The molecule has 0 N–H and O–H groups in total. The molecular weight excluding hydrogens is 381 g/mol. The second-order valence-electron chi connectivity index (χ2n) is 8.41. The van der Waals surface area contributed by atoms with Crippen LogP contribution in [0.4, 0.5) is 4.39 Å². The smallest absolute Gasteiger partial charge is 0.218 e. The SMILES string of the molecule is CC1(COc2ccc(C#N)cc2)CC(C)(C)OC(c2cnc3c(F)cccc3c2)=N1. The molecule has 0 bridgehead atoms. The lowest BCUT2D eigenvalue weighted by Gasteiger charge is -2.40. The van der Waals surface area contributed by atoms with Crippen molar-refractivity contribution in [3.05, 3.63) is 71.7 Å². The van der Waals surface area contributed by atoms with Gasteiger partial charge in [0, 0.05) is 18.0 Å². The number of ether oxygens (including phenoxy) is 2. The van der Waals surface area contributed by atoms with Gasteiger partial charge in [-0.3, -0.25) is 4.98 Å². The van der Waals surface area contributed by atoms with Crippen molar-refractivity contribution >= 4 is 16.8 Å². The Morgan fingerprint density at radius 3 is 2.67 bits per heavy atom. The van der Waals surface area contributed by atoms with Crippen LogP contribution in [0.5, 0.6) is 5.75 Å². The highest BCUT2D eigenvalue weighted by molar-refractivity contribution is 5.98. The molecule has 1 atom stereocenters. The van der Waals surface area contributed by atoms with Crippen molar-refractivity contribution in [2.45, 2.75) is 38.3 Å². The highest BCUT2D eigenvalue weighted by Gasteiger charge is 2.40. The first-order valence-corrected chi connectivity index (χ1v) is 9.73. The van der Waals surface area contributed by atoms with Crippen LogP contribution in [0.15, 0.2) is 59.7 Å². The van der Waals surface area contributed by atoms with Crippen LogP contribution in [0.1, 0.15) is 38.3 Å². The van der Waals surface area contributed by atoms with Gasteiger partial charge in [0.05, 0.1) is 22.7 Å². The molecule has 2 heterocycles. The van der Waals surface area contributed by atoms with Gasteiger partial charge in [0.2, 0.25) is 5.90 Å². The Bertz CT molecular complexity index is 1170. The Balaban J connectivity index is 1.63. The Morgan fingerprint density at radius 2 is 1.93 bits per heavy atom. The molecular formula is C24H22FN3O2. The molecule has 3 aromatic rings. The summed E-state index contributed by atoms with van der Waals surface area (Å²) in [7, 11) is 0. The van der Waals surface area contributed by atoms with Gasteiger partial charge in [0.25, 0.3) is 0 Å². The first kappa shape index (κ1) is 19.8. The van der Waals surface area contributed by atoms with E-state index < -0.39 is 11.1 Å². The van der Waals surface area contributed by atoms with Crippen LogP contribution in [-0.4, -0.2) is 28.6 Å². The molecule has 0 saturated carbocycles. The molecule has 0 fully saturated rings. The van der Waals surface area contributed by atoms with E-state index in [-0.39, 0.29) is 5.82 Å². The quantitative estimate of drug-likeness (QED) is 0.613. The zero-order valence-electron chi connectivity index (χ0n) is 17.1. The van der Waals surface area contributed by atoms with Crippen LogP contribution in [0.2, 0.25) is 0 Å². The molecule has 6 heteroatoms. The summed E-state index contributed by atoms with van der Waals surface area (Å²) in [4.78, 5) is 9.11. The van der Waals surface area contributed by atoms with Crippen molar-refractivity contribution in [3.8, 4) is 11.8 Å². The average Bonchev–Trinajstić information content (AvgIpc) is 2.71. The summed E-state index contributed by atoms with van der Waals surface area (Å²) < 4.78 is 26.1. The number of hydrogen-bond acceptors (Lipinski definition) is 5. The monoisotopic (exact) mass is 403 g/mol. The van der Waals surface area contributed by atoms with Gasteiger partial charge in [-0.25, -0.2) is 9.38 Å². The van der Waals surface area contributed by atoms with Gasteiger partial charge < -0.3 is 9.47 Å². The highest BCUT2D eigenvalue weighted by atomic mass is 19.1. The number of aliphatic imine (C=N–C) groups is 1. The standard InChI is InChI=1S/C24H22FN3O2/c1-23(2)14-24(3,15-29-19-9-7-16(12-26)8-10-19)28-22(30-23)18-11-17-5-4-6-20(25)21(17)27-13-18/h4-11,13H,14-15H2,1-3H3. The fourth-order valence-corrected chi connectivity index (χ4v) is 3.83. The maximum atomic E-state index is 14.0. The van der Waals surface area contributed by atoms with Crippen LogP contribution in [0, 0.1) is 17.1 Å².